The van der Waals surface area contributed by atoms with Gasteiger partial charge in [0.25, 0.3) is 5.82 Å². The van der Waals surface area contributed by atoms with Gasteiger partial charge in [0.1, 0.15) is 16.3 Å². The van der Waals surface area contributed by atoms with Crippen molar-refractivity contribution >= 4 is 31.9 Å². The molecule has 120 valence electrons. The number of halogens is 1. The van der Waals surface area contributed by atoms with Crippen LogP contribution in [-0.4, -0.2) is 13.0 Å². The highest BCUT2D eigenvalue weighted by molar-refractivity contribution is 9.10. The number of rotatable bonds is 1. The third-order valence-corrected chi connectivity index (χ3v) is 4.44. The first kappa shape index (κ1) is 18.4. The van der Waals surface area contributed by atoms with E-state index in [1.807, 2.05) is 13.0 Å². The van der Waals surface area contributed by atoms with Gasteiger partial charge in [0.2, 0.25) is 0 Å². The Hall–Kier alpha value is -1.64. The molecule has 2 aromatic rings. The number of nitrogen functional groups attached to an aromatic ring is 2. The Labute approximate surface area is 138 Å². The largest absolute Gasteiger partial charge is 0.744 e. The minimum Gasteiger partial charge on any atom is -0.744 e. The molecule has 0 fully saturated rings. The van der Waals surface area contributed by atoms with Crippen LogP contribution in [0.1, 0.15) is 16.7 Å². The number of nitrogens with zero attached hydrogens (tertiary/aromatic N) is 1. The van der Waals surface area contributed by atoms with Crippen molar-refractivity contribution < 1.29 is 17.6 Å². The summed E-state index contributed by atoms with van der Waals surface area (Å²) in [7, 11) is -4.33. The summed E-state index contributed by atoms with van der Waals surface area (Å²) in [5, 5.41) is 0. The Kier molecular flexibility index (Phi) is 5.92. The monoisotopic (exact) mass is 387 g/mol. The normalized spacial score (nSPS) is 10.8. The number of hydrogen-bond donors (Lipinski definition) is 2. The fourth-order valence-electron chi connectivity index (χ4n) is 2.06. The highest BCUT2D eigenvalue weighted by atomic mass is 79.9. The van der Waals surface area contributed by atoms with Crippen LogP contribution >= 0.6 is 15.9 Å². The number of aryl methyl sites for hydroxylation is 3. The maximum atomic E-state index is 10.8. The lowest BCUT2D eigenvalue weighted by atomic mass is 10.1. The van der Waals surface area contributed by atoms with E-state index in [0.29, 0.717) is 16.9 Å². The maximum absolute atomic E-state index is 10.8. The van der Waals surface area contributed by atoms with E-state index < -0.39 is 10.1 Å². The summed E-state index contributed by atoms with van der Waals surface area (Å²) >= 11 is 3.24. The van der Waals surface area contributed by atoms with Crippen molar-refractivity contribution in [2.24, 2.45) is 0 Å². The first-order chi connectivity index (χ1) is 10.0. The van der Waals surface area contributed by atoms with Crippen LogP contribution in [0.25, 0.3) is 0 Å². The van der Waals surface area contributed by atoms with Crippen molar-refractivity contribution in [1.82, 2.24) is 0 Å². The van der Waals surface area contributed by atoms with Crippen LogP contribution in [0.2, 0.25) is 0 Å². The summed E-state index contributed by atoms with van der Waals surface area (Å²) in [6.45, 7) is 5.12. The molecule has 0 aliphatic carbocycles. The average molecular weight is 388 g/mol. The Morgan fingerprint density at radius 2 is 1.64 bits per heavy atom. The molecule has 4 N–H and O–H groups in total. The highest BCUT2D eigenvalue weighted by Crippen LogP contribution is 2.20. The van der Waals surface area contributed by atoms with Gasteiger partial charge in [-0.05, 0) is 53.9 Å². The van der Waals surface area contributed by atoms with Crippen LogP contribution in [0.15, 0.2) is 39.8 Å². The molecule has 1 aromatic carbocycles. The summed E-state index contributed by atoms with van der Waals surface area (Å²) in [6.07, 6.45) is 1.69. The second kappa shape index (κ2) is 7.08. The van der Waals surface area contributed by atoms with Gasteiger partial charge in [-0.25, -0.2) is 8.42 Å². The van der Waals surface area contributed by atoms with Gasteiger partial charge in [0.05, 0.1) is 9.37 Å². The highest BCUT2D eigenvalue weighted by Gasteiger charge is 2.09. The van der Waals surface area contributed by atoms with Crippen molar-refractivity contribution in [2.45, 2.75) is 25.7 Å². The molecule has 6 nitrogen and oxygen atoms in total. The van der Waals surface area contributed by atoms with Gasteiger partial charge in [0.15, 0.2) is 0 Å². The Morgan fingerprint density at radius 1 is 1.14 bits per heavy atom. The molecule has 2 rings (SSSR count). The van der Waals surface area contributed by atoms with Gasteiger partial charge in [0, 0.05) is 6.07 Å². The van der Waals surface area contributed by atoms with E-state index >= 15 is 0 Å². The molecule has 0 atom stereocenters. The molecule has 0 unspecified atom stereocenters. The zero-order chi connectivity index (χ0) is 17.1. The SMILES string of the molecule is Cc1cc(C)c(S(=O)(=O)[O-])c(C)c1.Nc1ccc(Br)c[n+]1N. The molecule has 0 bridgehead atoms. The zero-order valence-corrected chi connectivity index (χ0v) is 14.9. The Morgan fingerprint density at radius 3 is 2.00 bits per heavy atom. The molecule has 0 saturated carbocycles. The molecule has 22 heavy (non-hydrogen) atoms. The first-order valence-corrected chi connectivity index (χ1v) is 8.48. The predicted octanol–water partition coefficient (Wildman–Crippen LogP) is 1.55. The van der Waals surface area contributed by atoms with E-state index in [1.54, 1.807) is 38.2 Å². The number of benzene rings is 1. The predicted molar refractivity (Wildman–Crippen MR) is 87.5 cm³/mol. The molecular formula is C14H18BrN3O3S. The molecule has 0 radical (unpaired) electrons. The summed E-state index contributed by atoms with van der Waals surface area (Å²) in [5.41, 5.74) is 7.41. The minimum atomic E-state index is -4.33. The number of nitrogens with two attached hydrogens (primary N) is 2. The van der Waals surface area contributed by atoms with Crippen molar-refractivity contribution in [1.29, 1.82) is 0 Å². The van der Waals surface area contributed by atoms with Crippen LogP contribution in [-0.2, 0) is 10.1 Å². The molecule has 1 heterocycles. The summed E-state index contributed by atoms with van der Waals surface area (Å²) in [5.74, 6) is 5.92. The van der Waals surface area contributed by atoms with Crippen molar-refractivity contribution in [3.8, 4) is 0 Å². The molecule has 0 aliphatic heterocycles. The first-order valence-electron chi connectivity index (χ1n) is 6.28. The Balaban J connectivity index is 0.000000235. The Bertz CT molecular complexity index is 769. The van der Waals surface area contributed by atoms with Crippen LogP contribution < -0.4 is 16.3 Å². The van der Waals surface area contributed by atoms with E-state index in [2.05, 4.69) is 15.9 Å². The zero-order valence-electron chi connectivity index (χ0n) is 12.5. The van der Waals surface area contributed by atoms with Crippen molar-refractivity contribution in [3.63, 3.8) is 0 Å². The van der Waals surface area contributed by atoms with Gasteiger partial charge in [-0.2, -0.15) is 0 Å². The fourth-order valence-corrected chi connectivity index (χ4v) is 3.32. The lowest BCUT2D eigenvalue weighted by Crippen LogP contribution is -2.46. The minimum absolute atomic E-state index is 0.0851. The number of anilines is 1. The van der Waals surface area contributed by atoms with E-state index in [1.165, 1.54) is 4.68 Å². The lowest BCUT2D eigenvalue weighted by molar-refractivity contribution is -0.624. The molecule has 0 amide bonds. The third-order valence-electron chi connectivity index (χ3n) is 2.83. The quantitative estimate of drug-likeness (QED) is 0.437. The van der Waals surface area contributed by atoms with E-state index in [-0.39, 0.29) is 4.90 Å². The molecular weight excluding hydrogens is 370 g/mol. The average Bonchev–Trinajstić information content (AvgIpc) is 2.31. The van der Waals surface area contributed by atoms with Crippen molar-refractivity contribution in [3.05, 3.63) is 51.6 Å². The van der Waals surface area contributed by atoms with Gasteiger partial charge < -0.3 is 4.55 Å². The lowest BCUT2D eigenvalue weighted by Gasteiger charge is -2.14. The molecule has 0 aliphatic rings. The molecule has 0 spiro atoms. The summed E-state index contributed by atoms with van der Waals surface area (Å²) in [6, 6.07) is 6.94. The van der Waals surface area contributed by atoms with Gasteiger partial charge >= 0.3 is 0 Å². The molecule has 0 saturated heterocycles. The summed E-state index contributed by atoms with van der Waals surface area (Å²) in [4.78, 5) is -0.0851. The van der Waals surface area contributed by atoms with Gasteiger partial charge in [-0.1, -0.05) is 17.7 Å². The fraction of sp³-hybridized carbons (Fsp3) is 0.214. The number of pyridine rings is 1. The topological polar surface area (TPSA) is 113 Å². The maximum Gasteiger partial charge on any atom is 0.295 e. The molecule has 8 heteroatoms. The molecule has 1 aromatic heterocycles. The van der Waals surface area contributed by atoms with Crippen molar-refractivity contribution in [2.75, 3.05) is 11.6 Å². The number of aromatic nitrogens is 1. The number of hydrogen-bond acceptors (Lipinski definition) is 5. The summed E-state index contributed by atoms with van der Waals surface area (Å²) < 4.78 is 34.8. The standard InChI is InChI=1S/C9H12O3S.C5H6BrN3/c1-6-4-7(2)9(8(3)5-6)13(10,11)12;6-4-1-2-5(7)9(8)3-4/h4-5H,1-3H3,(H,10,11,12);1-3,7H,8H2. The van der Waals surface area contributed by atoms with Gasteiger partial charge in [-0.3, -0.25) is 11.6 Å². The third kappa shape index (κ3) is 4.97. The van der Waals surface area contributed by atoms with Crippen LogP contribution in [0.3, 0.4) is 0 Å². The van der Waals surface area contributed by atoms with Crippen LogP contribution in [0, 0.1) is 20.8 Å². The van der Waals surface area contributed by atoms with Crippen LogP contribution in [0.5, 0.6) is 0 Å². The van der Waals surface area contributed by atoms with E-state index in [9.17, 15) is 13.0 Å². The van der Waals surface area contributed by atoms with Crippen LogP contribution in [0.4, 0.5) is 5.82 Å². The second-order valence-corrected chi connectivity index (χ2v) is 7.09. The van der Waals surface area contributed by atoms with E-state index in [4.69, 9.17) is 11.6 Å². The smallest absolute Gasteiger partial charge is 0.295 e. The van der Waals surface area contributed by atoms with Gasteiger partial charge in [-0.15, -0.1) is 4.68 Å². The second-order valence-electron chi connectivity index (χ2n) is 4.86. The van der Waals surface area contributed by atoms with E-state index in [0.717, 1.165) is 10.0 Å².